The number of carbonyl (C=O) groups excluding carboxylic acids is 1. The molecule has 0 saturated carbocycles. The van der Waals surface area contributed by atoms with Gasteiger partial charge in [0.1, 0.15) is 0 Å². The largest absolute Gasteiger partial charge is 0.459 e. The summed E-state index contributed by atoms with van der Waals surface area (Å²) in [6.07, 6.45) is 2.56. The molecule has 1 aliphatic heterocycles. The predicted molar refractivity (Wildman–Crippen MR) is 115 cm³/mol. The highest BCUT2D eigenvalue weighted by atomic mass is 32.2. The zero-order chi connectivity index (χ0) is 21.6. The Morgan fingerprint density at radius 3 is 2.57 bits per heavy atom. The summed E-state index contributed by atoms with van der Waals surface area (Å²) in [5.41, 5.74) is 2.76. The molecule has 0 amide bonds. The summed E-state index contributed by atoms with van der Waals surface area (Å²) in [6.45, 7) is 3.08. The van der Waals surface area contributed by atoms with Crippen molar-refractivity contribution in [2.24, 2.45) is 0 Å². The Labute approximate surface area is 177 Å². The Morgan fingerprint density at radius 2 is 1.90 bits per heavy atom. The lowest BCUT2D eigenvalue weighted by atomic mass is 10.1. The van der Waals surface area contributed by atoms with Crippen LogP contribution in [0.2, 0.25) is 0 Å². The van der Waals surface area contributed by atoms with Gasteiger partial charge in [-0.15, -0.1) is 0 Å². The van der Waals surface area contributed by atoms with E-state index in [0.29, 0.717) is 30.9 Å². The van der Waals surface area contributed by atoms with Crippen LogP contribution in [-0.2, 0) is 24.3 Å². The number of esters is 1. The van der Waals surface area contributed by atoms with Crippen LogP contribution >= 0.6 is 0 Å². The number of aryl methyl sites for hydroxylation is 1. The Balaban J connectivity index is 2.10. The maximum absolute atomic E-state index is 13.6. The van der Waals surface area contributed by atoms with Gasteiger partial charge < -0.3 is 9.47 Å². The molecule has 156 valence electrons. The molecule has 2 aromatic rings. The zero-order valence-electron chi connectivity index (χ0n) is 16.9. The molecule has 0 radical (unpaired) electrons. The van der Waals surface area contributed by atoms with E-state index in [1.54, 1.807) is 48.5 Å². The third-order valence-corrected chi connectivity index (χ3v) is 6.44. The number of hydrogen-bond acceptors (Lipinski definition) is 5. The maximum Gasteiger partial charge on any atom is 0.384 e. The van der Waals surface area contributed by atoms with Gasteiger partial charge in [-0.1, -0.05) is 41.8 Å². The Hall–Kier alpha value is -3.08. The fraction of sp³-hybridized carbons (Fsp3) is 0.261. The van der Waals surface area contributed by atoms with Crippen LogP contribution in [0.3, 0.4) is 0 Å². The summed E-state index contributed by atoms with van der Waals surface area (Å²) in [5, 5.41) is 0. The van der Waals surface area contributed by atoms with E-state index in [1.807, 2.05) is 13.0 Å². The predicted octanol–water partition coefficient (Wildman–Crippen LogP) is 3.06. The Morgan fingerprint density at radius 1 is 1.17 bits per heavy atom. The molecule has 3 rings (SSSR count). The molecule has 0 N–H and O–H groups in total. The number of rotatable bonds is 5. The lowest BCUT2D eigenvalue weighted by molar-refractivity contribution is -0.133. The van der Waals surface area contributed by atoms with Gasteiger partial charge in [0.2, 0.25) is 0 Å². The van der Waals surface area contributed by atoms with Gasteiger partial charge in [0.15, 0.2) is 0 Å². The minimum Gasteiger partial charge on any atom is -0.459 e. The smallest absolute Gasteiger partial charge is 0.384 e. The molecule has 0 bridgehead atoms. The van der Waals surface area contributed by atoms with E-state index in [-0.39, 0.29) is 11.4 Å². The summed E-state index contributed by atoms with van der Waals surface area (Å²) >= 11 is 0. The molecular weight excluding hydrogens is 402 g/mol. The maximum atomic E-state index is 13.6. The summed E-state index contributed by atoms with van der Waals surface area (Å²) in [4.78, 5) is 11.7. The number of anilines is 1. The van der Waals surface area contributed by atoms with E-state index < -0.39 is 16.0 Å². The van der Waals surface area contributed by atoms with Gasteiger partial charge in [-0.05, 0) is 43.2 Å². The molecular formula is C23H23NO5S. The minimum absolute atomic E-state index is 0.177. The Kier molecular flexibility index (Phi) is 6.93. The first-order valence-electron chi connectivity index (χ1n) is 9.46. The van der Waals surface area contributed by atoms with Crippen LogP contribution < -0.4 is 4.31 Å². The number of nitrogens with zero attached hydrogens (tertiary/aromatic N) is 1. The van der Waals surface area contributed by atoms with Crippen molar-refractivity contribution in [1.82, 2.24) is 0 Å². The van der Waals surface area contributed by atoms with Crippen LogP contribution in [0.25, 0.3) is 0 Å². The number of hydrogen-bond donors (Lipinski definition) is 0. The minimum atomic E-state index is -3.87. The second kappa shape index (κ2) is 9.61. The molecule has 2 aromatic carbocycles. The number of carbonyl (C=O) groups is 1. The molecule has 30 heavy (non-hydrogen) atoms. The van der Waals surface area contributed by atoms with Crippen LogP contribution in [0, 0.1) is 18.8 Å². The molecule has 0 aromatic heterocycles. The van der Waals surface area contributed by atoms with E-state index in [4.69, 9.17) is 4.74 Å². The van der Waals surface area contributed by atoms with Crippen molar-refractivity contribution < 1.29 is 22.7 Å². The fourth-order valence-corrected chi connectivity index (χ4v) is 4.49. The summed E-state index contributed by atoms with van der Waals surface area (Å²) in [5.74, 6) is 4.43. The highest BCUT2D eigenvalue weighted by molar-refractivity contribution is 7.92. The van der Waals surface area contributed by atoms with Crippen LogP contribution in [0.1, 0.15) is 17.5 Å². The van der Waals surface area contributed by atoms with Gasteiger partial charge in [0, 0.05) is 11.5 Å². The van der Waals surface area contributed by atoms with Crippen molar-refractivity contribution in [1.29, 1.82) is 0 Å². The number of para-hydroxylation sites is 1. The van der Waals surface area contributed by atoms with Gasteiger partial charge in [-0.3, -0.25) is 4.31 Å². The van der Waals surface area contributed by atoms with E-state index >= 15 is 0 Å². The molecule has 0 saturated heterocycles. The zero-order valence-corrected chi connectivity index (χ0v) is 17.7. The summed E-state index contributed by atoms with van der Waals surface area (Å²) in [7, 11) is -2.62. The number of ether oxygens (including phenoxy) is 2. The average Bonchev–Trinajstić information content (AvgIpc) is 2.77. The van der Waals surface area contributed by atoms with Gasteiger partial charge >= 0.3 is 5.97 Å². The van der Waals surface area contributed by atoms with Crippen LogP contribution in [0.15, 0.2) is 65.1 Å². The lowest BCUT2D eigenvalue weighted by Crippen LogP contribution is -2.34. The molecule has 0 fully saturated rings. The van der Waals surface area contributed by atoms with E-state index in [0.717, 1.165) is 11.1 Å². The molecule has 6 nitrogen and oxygen atoms in total. The van der Waals surface area contributed by atoms with E-state index in [9.17, 15) is 13.2 Å². The molecule has 1 aliphatic rings. The number of methoxy groups -OCH3 is 1. The average molecular weight is 426 g/mol. The first-order chi connectivity index (χ1) is 14.4. The third-order valence-electron chi connectivity index (χ3n) is 4.67. The second-order valence-electron chi connectivity index (χ2n) is 6.77. The van der Waals surface area contributed by atoms with E-state index in [2.05, 4.69) is 16.6 Å². The quantitative estimate of drug-likeness (QED) is 0.418. The first-order valence-corrected chi connectivity index (χ1v) is 10.9. The highest BCUT2D eigenvalue weighted by Crippen LogP contribution is 2.29. The van der Waals surface area contributed by atoms with Gasteiger partial charge in [-0.25, -0.2) is 13.2 Å². The lowest BCUT2D eigenvalue weighted by Gasteiger charge is -2.28. The monoisotopic (exact) mass is 425 g/mol. The standard InChI is InChI=1S/C23H23NO5S/c1-18-7-10-21(11-8-18)30(26,27)24(17-19-13-15-29-16-14-19)22-6-4-3-5-20(22)9-12-23(25)28-2/h3-8,10-11,13H,14-17H2,1-2H3. The SMILES string of the molecule is COC(=O)C#Cc1ccccc1N(CC1=CCOCC1)S(=O)(=O)c1ccc(C)cc1. The van der Waals surface area contributed by atoms with Gasteiger partial charge in [-0.2, -0.15) is 0 Å². The van der Waals surface area contributed by atoms with Gasteiger partial charge in [0.25, 0.3) is 10.0 Å². The highest BCUT2D eigenvalue weighted by Gasteiger charge is 2.27. The number of benzene rings is 2. The molecule has 0 unspecified atom stereocenters. The summed E-state index contributed by atoms with van der Waals surface area (Å²) < 4.78 is 38.5. The van der Waals surface area contributed by atoms with Crippen molar-refractivity contribution in [3.05, 3.63) is 71.3 Å². The van der Waals surface area contributed by atoms with Crippen molar-refractivity contribution in [2.75, 3.05) is 31.2 Å². The van der Waals surface area contributed by atoms with Crippen LogP contribution in [0.5, 0.6) is 0 Å². The Bertz CT molecular complexity index is 1110. The number of sulfonamides is 1. The summed E-state index contributed by atoms with van der Waals surface area (Å²) in [6, 6.07) is 13.6. The molecule has 7 heteroatoms. The molecule has 1 heterocycles. The first kappa shape index (κ1) is 21.6. The van der Waals surface area contributed by atoms with Crippen molar-refractivity contribution >= 4 is 21.7 Å². The fourth-order valence-electron chi connectivity index (χ4n) is 3.00. The molecule has 0 atom stereocenters. The third kappa shape index (κ3) is 5.09. The van der Waals surface area contributed by atoms with Gasteiger partial charge in [0.05, 0.1) is 37.5 Å². The topological polar surface area (TPSA) is 72.9 Å². The molecule has 0 spiro atoms. The van der Waals surface area contributed by atoms with Crippen molar-refractivity contribution in [2.45, 2.75) is 18.2 Å². The van der Waals surface area contributed by atoms with Crippen LogP contribution in [0.4, 0.5) is 5.69 Å². The normalized spacial score (nSPS) is 13.6. The van der Waals surface area contributed by atoms with E-state index in [1.165, 1.54) is 11.4 Å². The van der Waals surface area contributed by atoms with Crippen molar-refractivity contribution in [3.63, 3.8) is 0 Å². The molecule has 0 aliphatic carbocycles. The van der Waals surface area contributed by atoms with Crippen LogP contribution in [-0.4, -0.2) is 41.3 Å². The van der Waals surface area contributed by atoms with Crippen molar-refractivity contribution in [3.8, 4) is 11.8 Å². The second-order valence-corrected chi connectivity index (χ2v) is 8.63.